The zero-order valence-corrected chi connectivity index (χ0v) is 19.2. The molecule has 0 aliphatic carbocycles. The van der Waals surface area contributed by atoms with Gasteiger partial charge in [-0.05, 0) is 43.7 Å². The smallest absolute Gasteiger partial charge is 0.249 e. The first-order valence-electron chi connectivity index (χ1n) is 9.54. The largest absolute Gasteiger partial charge is 0.380 e. The van der Waals surface area contributed by atoms with Crippen LogP contribution in [0.4, 0.5) is 0 Å². The predicted molar refractivity (Wildman–Crippen MR) is 120 cm³/mol. The highest BCUT2D eigenvalue weighted by Crippen LogP contribution is 2.26. The topological polar surface area (TPSA) is 77.7 Å². The molecule has 3 aromatic rings. The van der Waals surface area contributed by atoms with E-state index < -0.39 is 15.7 Å². The molecule has 0 spiro atoms. The summed E-state index contributed by atoms with van der Waals surface area (Å²) in [4.78, 5) is 17.4. The molecule has 0 unspecified atom stereocenters. The number of aromatic nitrogens is 1. The van der Waals surface area contributed by atoms with Crippen molar-refractivity contribution in [1.29, 1.82) is 0 Å². The fraction of sp³-hybridized carbons (Fsp3) is 0.333. The van der Waals surface area contributed by atoms with E-state index in [1.807, 2.05) is 30.5 Å². The molecule has 30 heavy (non-hydrogen) atoms. The number of carbonyl (C=O) groups is 1. The molecule has 0 bridgehead atoms. The molecule has 0 atom stereocenters. The standard InChI is InChI=1S/C21H23ClN2O4S2/c1-3-28-11-10-24-20-15(2)13-16(22)14-18(20)29-21(24)23-19(25)9-12-30(26,27)17-7-5-4-6-8-17/h4-8,13-14H,3,9-12H2,1-2H3. The second kappa shape index (κ2) is 9.87. The van der Waals surface area contributed by atoms with Crippen molar-refractivity contribution in [1.82, 2.24) is 4.57 Å². The highest BCUT2D eigenvalue weighted by atomic mass is 35.5. The third-order valence-electron chi connectivity index (χ3n) is 4.50. The fourth-order valence-electron chi connectivity index (χ4n) is 3.10. The average Bonchev–Trinajstić information content (AvgIpc) is 3.04. The van der Waals surface area contributed by atoms with Crippen molar-refractivity contribution < 1.29 is 17.9 Å². The molecule has 0 aliphatic rings. The number of carbonyl (C=O) groups excluding carboxylic acids is 1. The van der Waals surface area contributed by atoms with Crippen LogP contribution < -0.4 is 4.80 Å². The molecule has 0 radical (unpaired) electrons. The fourth-order valence-corrected chi connectivity index (χ4v) is 5.88. The third-order valence-corrected chi connectivity index (χ3v) is 7.48. The van der Waals surface area contributed by atoms with Crippen molar-refractivity contribution in [3.05, 3.63) is 57.9 Å². The van der Waals surface area contributed by atoms with Crippen molar-refractivity contribution in [3.8, 4) is 0 Å². The highest BCUT2D eigenvalue weighted by Gasteiger charge is 2.17. The Bertz CT molecular complexity index is 1220. The van der Waals surface area contributed by atoms with Gasteiger partial charge in [-0.25, -0.2) is 8.42 Å². The molecule has 0 saturated heterocycles. The van der Waals surface area contributed by atoms with Crippen LogP contribution in [-0.4, -0.2) is 37.9 Å². The number of halogens is 1. The molecule has 0 aliphatic heterocycles. The van der Waals surface area contributed by atoms with Crippen LogP contribution in [0.15, 0.2) is 52.4 Å². The van der Waals surface area contributed by atoms with E-state index in [0.717, 1.165) is 15.8 Å². The molecule has 160 valence electrons. The number of fused-ring (bicyclic) bond motifs is 1. The predicted octanol–water partition coefficient (Wildman–Crippen LogP) is 3.99. The molecule has 1 heterocycles. The minimum absolute atomic E-state index is 0.184. The normalized spacial score (nSPS) is 12.6. The summed E-state index contributed by atoms with van der Waals surface area (Å²) in [5.41, 5.74) is 1.93. The lowest BCUT2D eigenvalue weighted by Crippen LogP contribution is -2.21. The van der Waals surface area contributed by atoms with Crippen LogP contribution >= 0.6 is 22.9 Å². The van der Waals surface area contributed by atoms with Crippen molar-refractivity contribution in [2.24, 2.45) is 4.99 Å². The number of thiazole rings is 1. The summed E-state index contributed by atoms with van der Waals surface area (Å²) in [5, 5.41) is 0.616. The number of ether oxygens (including phenoxy) is 1. The third kappa shape index (κ3) is 5.37. The Kier molecular flexibility index (Phi) is 7.46. The van der Waals surface area contributed by atoms with E-state index in [9.17, 15) is 13.2 Å². The van der Waals surface area contributed by atoms with Crippen LogP contribution in [0.5, 0.6) is 0 Å². The molecule has 0 saturated carbocycles. The molecule has 6 nitrogen and oxygen atoms in total. The molecular formula is C21H23ClN2O4S2. The lowest BCUT2D eigenvalue weighted by Gasteiger charge is -2.08. The van der Waals surface area contributed by atoms with Gasteiger partial charge in [-0.2, -0.15) is 4.99 Å². The molecule has 1 aromatic heterocycles. The first-order chi connectivity index (χ1) is 14.3. The monoisotopic (exact) mass is 466 g/mol. The van der Waals surface area contributed by atoms with Gasteiger partial charge >= 0.3 is 0 Å². The lowest BCUT2D eigenvalue weighted by molar-refractivity contribution is -0.117. The quantitative estimate of drug-likeness (QED) is 0.470. The van der Waals surface area contributed by atoms with E-state index in [4.69, 9.17) is 16.3 Å². The first-order valence-corrected chi connectivity index (χ1v) is 12.4. The Morgan fingerprint density at radius 3 is 2.67 bits per heavy atom. The number of hydrogen-bond donors (Lipinski definition) is 0. The van der Waals surface area contributed by atoms with Crippen LogP contribution in [0.1, 0.15) is 18.9 Å². The van der Waals surface area contributed by atoms with Gasteiger partial charge in [0.05, 0.1) is 27.5 Å². The number of hydrogen-bond acceptors (Lipinski definition) is 5. The summed E-state index contributed by atoms with van der Waals surface area (Å²) in [7, 11) is -3.53. The molecular weight excluding hydrogens is 444 g/mol. The Morgan fingerprint density at radius 1 is 1.23 bits per heavy atom. The van der Waals surface area contributed by atoms with Gasteiger partial charge in [-0.1, -0.05) is 41.1 Å². The minimum Gasteiger partial charge on any atom is -0.380 e. The van der Waals surface area contributed by atoms with E-state index >= 15 is 0 Å². The van der Waals surface area contributed by atoms with Gasteiger partial charge in [0.2, 0.25) is 5.91 Å². The van der Waals surface area contributed by atoms with Crippen molar-refractivity contribution in [2.75, 3.05) is 19.0 Å². The lowest BCUT2D eigenvalue weighted by atomic mass is 10.2. The Hall–Kier alpha value is -2.00. The summed E-state index contributed by atoms with van der Waals surface area (Å²) in [6.45, 7) is 5.48. The Morgan fingerprint density at radius 2 is 1.97 bits per heavy atom. The van der Waals surface area contributed by atoms with Crippen molar-refractivity contribution in [3.63, 3.8) is 0 Å². The average molecular weight is 467 g/mol. The summed E-state index contributed by atoms with van der Waals surface area (Å²) in [5.74, 6) is -0.761. The molecule has 1 amide bonds. The second-order valence-corrected chi connectivity index (χ2v) is 10.2. The molecule has 9 heteroatoms. The molecule has 0 N–H and O–H groups in total. The van der Waals surface area contributed by atoms with Crippen molar-refractivity contribution >= 4 is 48.9 Å². The van der Waals surface area contributed by atoms with Crippen LogP contribution in [0.25, 0.3) is 10.2 Å². The molecule has 2 aromatic carbocycles. The van der Waals surface area contributed by atoms with E-state index in [1.54, 1.807) is 18.2 Å². The van der Waals surface area contributed by atoms with Crippen LogP contribution in [0.2, 0.25) is 5.02 Å². The number of aryl methyl sites for hydroxylation is 1. The summed E-state index contributed by atoms with van der Waals surface area (Å²) in [6.07, 6.45) is -0.184. The summed E-state index contributed by atoms with van der Waals surface area (Å²) in [6, 6.07) is 11.8. The van der Waals surface area contributed by atoms with E-state index in [0.29, 0.717) is 29.6 Å². The van der Waals surface area contributed by atoms with Crippen molar-refractivity contribution in [2.45, 2.75) is 31.7 Å². The maximum Gasteiger partial charge on any atom is 0.249 e. The van der Waals surface area contributed by atoms with E-state index in [-0.39, 0.29) is 17.1 Å². The second-order valence-electron chi connectivity index (χ2n) is 6.69. The SMILES string of the molecule is CCOCCn1c(=NC(=O)CCS(=O)(=O)c2ccccc2)sc2cc(Cl)cc(C)c21. The summed E-state index contributed by atoms with van der Waals surface area (Å²) >= 11 is 7.54. The molecule has 0 fully saturated rings. The number of sulfone groups is 1. The zero-order valence-electron chi connectivity index (χ0n) is 16.8. The molecule has 3 rings (SSSR count). The van der Waals surface area contributed by atoms with Crippen LogP contribution in [-0.2, 0) is 25.9 Å². The maximum absolute atomic E-state index is 12.5. The number of benzene rings is 2. The Balaban J connectivity index is 1.89. The van der Waals surface area contributed by atoms with Crippen LogP contribution in [0, 0.1) is 6.92 Å². The number of nitrogens with zero attached hydrogens (tertiary/aromatic N) is 2. The highest BCUT2D eigenvalue weighted by molar-refractivity contribution is 7.91. The van der Waals surface area contributed by atoms with Gasteiger partial charge in [-0.3, -0.25) is 4.79 Å². The van der Waals surface area contributed by atoms with Gasteiger partial charge in [0.1, 0.15) is 0 Å². The number of amides is 1. The van der Waals surface area contributed by atoms with Gasteiger partial charge in [-0.15, -0.1) is 0 Å². The van der Waals surface area contributed by atoms with Gasteiger partial charge in [0.15, 0.2) is 14.6 Å². The Labute approximate surface area is 184 Å². The maximum atomic E-state index is 12.5. The van der Waals surface area contributed by atoms with Crippen LogP contribution in [0.3, 0.4) is 0 Å². The minimum atomic E-state index is -3.53. The number of rotatable bonds is 8. The summed E-state index contributed by atoms with van der Waals surface area (Å²) < 4.78 is 33.2. The van der Waals surface area contributed by atoms with E-state index in [1.165, 1.54) is 23.5 Å². The van der Waals surface area contributed by atoms with E-state index in [2.05, 4.69) is 4.99 Å². The van der Waals surface area contributed by atoms with Gasteiger partial charge < -0.3 is 9.30 Å². The zero-order chi connectivity index (χ0) is 21.7. The first kappa shape index (κ1) is 22.7. The van der Waals surface area contributed by atoms with Gasteiger partial charge in [0.25, 0.3) is 0 Å². The van der Waals surface area contributed by atoms with Gasteiger partial charge in [0, 0.05) is 24.6 Å².